The van der Waals surface area contributed by atoms with E-state index in [1.54, 1.807) is 23.0 Å². The van der Waals surface area contributed by atoms with Gasteiger partial charge in [-0.25, -0.2) is 0 Å². The smallest absolute Gasteiger partial charge is 0.138 e. The molecule has 0 atom stereocenters. The molecule has 0 saturated heterocycles. The number of para-hydroxylation sites is 1. The number of aromatic nitrogens is 2. The van der Waals surface area contributed by atoms with Crippen molar-refractivity contribution in [1.29, 1.82) is 10.8 Å². The van der Waals surface area contributed by atoms with Crippen LogP contribution >= 0.6 is 0 Å². The van der Waals surface area contributed by atoms with Gasteiger partial charge in [-0.1, -0.05) is 43.7 Å². The van der Waals surface area contributed by atoms with E-state index in [1.807, 2.05) is 60.7 Å². The fourth-order valence-corrected chi connectivity index (χ4v) is 3.38. The maximum atomic E-state index is 8.68. The predicted molar refractivity (Wildman–Crippen MR) is 120 cm³/mol. The zero-order valence-corrected chi connectivity index (χ0v) is 16.9. The van der Waals surface area contributed by atoms with Crippen molar-refractivity contribution in [3.8, 4) is 16.9 Å². The van der Waals surface area contributed by atoms with Crippen LogP contribution in [-0.2, 0) is 0 Å². The first-order chi connectivity index (χ1) is 14.7. The molecular weight excluding hydrogens is 372 g/mol. The van der Waals surface area contributed by atoms with Gasteiger partial charge in [0.05, 0.1) is 12.1 Å². The topological polar surface area (TPSA) is 74.8 Å². The Morgan fingerprint density at radius 1 is 1.00 bits per heavy atom. The van der Waals surface area contributed by atoms with E-state index in [4.69, 9.17) is 15.6 Å². The lowest BCUT2D eigenvalue weighted by Gasteiger charge is -2.12. The Bertz CT molecular complexity index is 1240. The Balaban J connectivity index is 1.60. The van der Waals surface area contributed by atoms with Gasteiger partial charge < -0.3 is 4.74 Å². The molecule has 0 amide bonds. The summed E-state index contributed by atoms with van der Waals surface area (Å²) < 4.78 is 7.30. The molecular formula is C25H24N4O. The second kappa shape index (κ2) is 8.74. The second-order valence-corrected chi connectivity index (χ2v) is 7.12. The number of rotatable bonds is 6. The molecule has 2 aromatic carbocycles. The number of ether oxygens (including phenoxy) is 1. The molecule has 4 rings (SSSR count). The molecule has 0 fully saturated rings. The van der Waals surface area contributed by atoms with Crippen LogP contribution in [0.5, 0.6) is 5.75 Å². The maximum Gasteiger partial charge on any atom is 0.138 e. The Labute approximate surface area is 175 Å². The van der Waals surface area contributed by atoms with Crippen molar-refractivity contribution >= 4 is 16.7 Å². The van der Waals surface area contributed by atoms with Gasteiger partial charge in [-0.15, -0.1) is 0 Å². The summed E-state index contributed by atoms with van der Waals surface area (Å²) in [6.45, 7) is 2.87. The van der Waals surface area contributed by atoms with Crippen molar-refractivity contribution in [3.63, 3.8) is 0 Å². The molecule has 0 saturated carbocycles. The molecule has 0 spiro atoms. The number of pyridine rings is 2. The van der Waals surface area contributed by atoms with Crippen LogP contribution < -0.4 is 10.2 Å². The van der Waals surface area contributed by atoms with Crippen molar-refractivity contribution in [2.45, 2.75) is 19.8 Å². The first kappa shape index (κ1) is 19.6. The Hall–Kier alpha value is -3.73. The van der Waals surface area contributed by atoms with E-state index in [0.717, 1.165) is 52.8 Å². The molecule has 0 bridgehead atoms. The standard InChI is InChI=1S/C25H24N4O/c1-2-3-16-30-20-10-8-18(9-11-20)19-13-15-29(24(26)17-19)25(27)22-12-14-28-23-7-5-4-6-21(22)23/h4-15,17,26-27H,2-3,16H2,1H3. The molecule has 2 N–H and O–H groups in total. The Morgan fingerprint density at radius 3 is 2.57 bits per heavy atom. The lowest BCUT2D eigenvalue weighted by atomic mass is 10.1. The van der Waals surface area contributed by atoms with Crippen molar-refractivity contribution < 1.29 is 4.74 Å². The quantitative estimate of drug-likeness (QED) is 0.266. The summed E-state index contributed by atoms with van der Waals surface area (Å²) in [7, 11) is 0. The highest BCUT2D eigenvalue weighted by Gasteiger charge is 2.10. The molecule has 2 aromatic heterocycles. The highest BCUT2D eigenvalue weighted by molar-refractivity contribution is 6.08. The molecule has 0 radical (unpaired) electrons. The average molecular weight is 396 g/mol. The summed E-state index contributed by atoms with van der Waals surface area (Å²) in [4.78, 5) is 4.36. The number of benzene rings is 2. The van der Waals surface area contributed by atoms with E-state index >= 15 is 0 Å². The van der Waals surface area contributed by atoms with E-state index in [-0.39, 0.29) is 11.3 Å². The zero-order valence-electron chi connectivity index (χ0n) is 16.9. The maximum absolute atomic E-state index is 8.68. The van der Waals surface area contributed by atoms with Gasteiger partial charge in [0.1, 0.15) is 17.1 Å². The number of unbranched alkanes of at least 4 members (excludes halogenated alkanes) is 1. The van der Waals surface area contributed by atoms with Gasteiger partial charge in [0.25, 0.3) is 0 Å². The molecule has 150 valence electrons. The van der Waals surface area contributed by atoms with Crippen LogP contribution in [0.4, 0.5) is 0 Å². The summed E-state index contributed by atoms with van der Waals surface area (Å²) in [5.41, 5.74) is 3.79. The fourth-order valence-electron chi connectivity index (χ4n) is 3.38. The van der Waals surface area contributed by atoms with Crippen LogP contribution in [-0.4, -0.2) is 22.0 Å². The van der Waals surface area contributed by atoms with Crippen LogP contribution in [0, 0.1) is 10.8 Å². The number of hydrogen-bond donors (Lipinski definition) is 2. The predicted octanol–water partition coefficient (Wildman–Crippen LogP) is 5.24. The molecule has 0 aliphatic rings. The van der Waals surface area contributed by atoms with Gasteiger partial charge in [0.2, 0.25) is 0 Å². The third-order valence-electron chi connectivity index (χ3n) is 5.05. The first-order valence-corrected chi connectivity index (χ1v) is 10.1. The molecule has 0 unspecified atom stereocenters. The molecule has 4 aromatic rings. The van der Waals surface area contributed by atoms with E-state index in [9.17, 15) is 0 Å². The van der Waals surface area contributed by atoms with Crippen LogP contribution in [0.3, 0.4) is 0 Å². The third-order valence-corrected chi connectivity index (χ3v) is 5.05. The first-order valence-electron chi connectivity index (χ1n) is 10.1. The normalized spacial score (nSPS) is 10.8. The van der Waals surface area contributed by atoms with Crippen molar-refractivity contribution in [3.05, 3.63) is 90.2 Å². The fraction of sp³-hybridized carbons (Fsp3) is 0.160. The monoisotopic (exact) mass is 396 g/mol. The van der Waals surface area contributed by atoms with E-state index in [1.165, 1.54) is 0 Å². The van der Waals surface area contributed by atoms with Crippen LogP contribution in [0.2, 0.25) is 0 Å². The van der Waals surface area contributed by atoms with Gasteiger partial charge in [0, 0.05) is 23.3 Å². The molecule has 5 nitrogen and oxygen atoms in total. The van der Waals surface area contributed by atoms with E-state index in [0.29, 0.717) is 0 Å². The number of nitrogens with zero attached hydrogens (tertiary/aromatic N) is 2. The van der Waals surface area contributed by atoms with E-state index in [2.05, 4.69) is 11.9 Å². The molecule has 2 heterocycles. The largest absolute Gasteiger partial charge is 0.494 e. The minimum atomic E-state index is 0.252. The van der Waals surface area contributed by atoms with Crippen molar-refractivity contribution in [2.24, 2.45) is 0 Å². The highest BCUT2D eigenvalue weighted by atomic mass is 16.5. The van der Waals surface area contributed by atoms with Gasteiger partial charge in [-0.3, -0.25) is 20.4 Å². The minimum Gasteiger partial charge on any atom is -0.494 e. The van der Waals surface area contributed by atoms with Gasteiger partial charge in [0.15, 0.2) is 0 Å². The zero-order chi connectivity index (χ0) is 20.9. The molecule has 0 aliphatic heterocycles. The van der Waals surface area contributed by atoms with E-state index < -0.39 is 0 Å². The molecule has 0 aliphatic carbocycles. The summed E-state index contributed by atoms with van der Waals surface area (Å²) in [5, 5.41) is 18.1. The van der Waals surface area contributed by atoms with Crippen LogP contribution in [0.15, 0.2) is 79.1 Å². The SMILES string of the molecule is CCCCOc1ccc(-c2ccn(C(=N)c3ccnc4ccccc34)c(=N)c2)cc1. The number of fused-ring (bicyclic) bond motifs is 1. The second-order valence-electron chi connectivity index (χ2n) is 7.12. The summed E-state index contributed by atoms with van der Waals surface area (Å²) in [6.07, 6.45) is 5.63. The average Bonchev–Trinajstić information content (AvgIpc) is 2.79. The van der Waals surface area contributed by atoms with Gasteiger partial charge in [-0.2, -0.15) is 0 Å². The van der Waals surface area contributed by atoms with Gasteiger partial charge >= 0.3 is 0 Å². The minimum absolute atomic E-state index is 0.252. The number of nitrogens with one attached hydrogen (secondary N) is 2. The van der Waals surface area contributed by atoms with Crippen molar-refractivity contribution in [2.75, 3.05) is 6.61 Å². The Kier molecular flexibility index (Phi) is 5.70. The summed E-state index contributed by atoms with van der Waals surface area (Å²) >= 11 is 0. The van der Waals surface area contributed by atoms with Gasteiger partial charge in [-0.05, 0) is 53.9 Å². The summed E-state index contributed by atoms with van der Waals surface area (Å²) in [6, 6.07) is 21.2. The lowest BCUT2D eigenvalue weighted by molar-refractivity contribution is 0.309. The lowest BCUT2D eigenvalue weighted by Crippen LogP contribution is -2.26. The Morgan fingerprint density at radius 2 is 1.80 bits per heavy atom. The van der Waals surface area contributed by atoms with Crippen LogP contribution in [0.25, 0.3) is 22.0 Å². The number of hydrogen-bond acceptors (Lipinski definition) is 4. The highest BCUT2D eigenvalue weighted by Crippen LogP contribution is 2.22. The van der Waals surface area contributed by atoms with Crippen molar-refractivity contribution in [1.82, 2.24) is 9.55 Å². The third kappa shape index (κ3) is 4.01. The van der Waals surface area contributed by atoms with Crippen LogP contribution in [0.1, 0.15) is 25.3 Å². The summed E-state index contributed by atoms with van der Waals surface area (Å²) in [5.74, 6) is 1.11. The molecule has 30 heavy (non-hydrogen) atoms. The molecule has 5 heteroatoms.